The molecule has 1 aliphatic carbocycles. The van der Waals surface area contributed by atoms with Crippen molar-refractivity contribution in [3.05, 3.63) is 0 Å². The van der Waals surface area contributed by atoms with E-state index in [0.29, 0.717) is 0 Å². The third-order valence-electron chi connectivity index (χ3n) is 3.55. The maximum absolute atomic E-state index is 3.51. The van der Waals surface area contributed by atoms with Crippen LogP contribution in [0.5, 0.6) is 0 Å². The van der Waals surface area contributed by atoms with Crippen LogP contribution in [-0.4, -0.2) is 36.6 Å². The van der Waals surface area contributed by atoms with E-state index < -0.39 is 0 Å². The molecule has 0 saturated heterocycles. The molecule has 1 atom stereocenters. The quantitative estimate of drug-likeness (QED) is 0.650. The summed E-state index contributed by atoms with van der Waals surface area (Å²) in [5.41, 5.74) is 0. The Bertz CT molecular complexity index is 176. The Kier molecular flexibility index (Phi) is 6.37. The second-order valence-corrected chi connectivity index (χ2v) is 5.52. The third kappa shape index (κ3) is 4.84. The van der Waals surface area contributed by atoms with Gasteiger partial charge in [-0.05, 0) is 44.7 Å². The van der Waals surface area contributed by atoms with Crippen LogP contribution in [0.1, 0.15) is 53.4 Å². The molecule has 1 saturated carbocycles. The van der Waals surface area contributed by atoms with E-state index in [1.165, 1.54) is 38.8 Å². The number of rotatable bonds is 9. The molecule has 0 amide bonds. The fourth-order valence-electron chi connectivity index (χ4n) is 2.28. The van der Waals surface area contributed by atoms with Crippen molar-refractivity contribution in [3.63, 3.8) is 0 Å². The Hall–Kier alpha value is -0.0800. The summed E-state index contributed by atoms with van der Waals surface area (Å²) < 4.78 is 0. The minimum Gasteiger partial charge on any atom is -0.315 e. The van der Waals surface area contributed by atoms with E-state index in [1.807, 2.05) is 0 Å². The predicted octanol–water partition coefficient (Wildman–Crippen LogP) is 2.89. The van der Waals surface area contributed by atoms with Gasteiger partial charge in [-0.25, -0.2) is 0 Å². The molecule has 0 radical (unpaired) electrons. The maximum Gasteiger partial charge on any atom is 0.0220 e. The van der Waals surface area contributed by atoms with Gasteiger partial charge in [-0.1, -0.05) is 27.7 Å². The number of hydrogen-bond donors (Lipinski definition) is 1. The van der Waals surface area contributed by atoms with E-state index in [1.54, 1.807) is 0 Å². The molecule has 0 heterocycles. The molecule has 1 fully saturated rings. The minimum absolute atomic E-state index is 0.756. The molecule has 1 rings (SSSR count). The second kappa shape index (κ2) is 7.29. The van der Waals surface area contributed by atoms with Gasteiger partial charge in [0, 0.05) is 18.6 Å². The van der Waals surface area contributed by atoms with Gasteiger partial charge in [-0.3, -0.25) is 4.90 Å². The zero-order valence-corrected chi connectivity index (χ0v) is 11.6. The summed E-state index contributed by atoms with van der Waals surface area (Å²) in [6.45, 7) is 12.7. The van der Waals surface area contributed by atoms with Crippen molar-refractivity contribution >= 4 is 0 Å². The van der Waals surface area contributed by atoms with Gasteiger partial charge in [0.2, 0.25) is 0 Å². The van der Waals surface area contributed by atoms with Gasteiger partial charge in [0.1, 0.15) is 0 Å². The second-order valence-electron chi connectivity index (χ2n) is 5.52. The SMILES string of the molecule is CCNCC(CC)N(CCC(C)C)C1CC1. The van der Waals surface area contributed by atoms with Crippen LogP contribution >= 0.6 is 0 Å². The summed E-state index contributed by atoms with van der Waals surface area (Å²) in [4.78, 5) is 2.77. The first-order chi connectivity index (χ1) is 7.69. The van der Waals surface area contributed by atoms with Crippen molar-refractivity contribution in [2.24, 2.45) is 5.92 Å². The lowest BCUT2D eigenvalue weighted by Gasteiger charge is -2.32. The summed E-state index contributed by atoms with van der Waals surface area (Å²) in [5.74, 6) is 0.831. The Balaban J connectivity index is 2.39. The monoisotopic (exact) mass is 226 g/mol. The summed E-state index contributed by atoms with van der Waals surface area (Å²) >= 11 is 0. The van der Waals surface area contributed by atoms with Gasteiger partial charge < -0.3 is 5.32 Å². The molecular formula is C14H30N2. The first-order valence-corrected chi connectivity index (χ1v) is 7.15. The third-order valence-corrected chi connectivity index (χ3v) is 3.55. The van der Waals surface area contributed by atoms with Crippen molar-refractivity contribution in [1.29, 1.82) is 0 Å². The highest BCUT2D eigenvalue weighted by atomic mass is 15.2. The first kappa shape index (κ1) is 14.0. The van der Waals surface area contributed by atoms with Crippen molar-refractivity contribution < 1.29 is 0 Å². The van der Waals surface area contributed by atoms with Crippen molar-refractivity contribution in [2.45, 2.75) is 65.5 Å². The molecule has 16 heavy (non-hydrogen) atoms. The summed E-state index contributed by atoms with van der Waals surface area (Å²) in [6, 6.07) is 1.66. The van der Waals surface area contributed by atoms with Crippen LogP contribution in [0.2, 0.25) is 0 Å². The topological polar surface area (TPSA) is 15.3 Å². The van der Waals surface area contributed by atoms with Crippen LogP contribution in [0, 0.1) is 5.92 Å². The molecule has 1 unspecified atom stereocenters. The smallest absolute Gasteiger partial charge is 0.0220 e. The Morgan fingerprint density at radius 2 is 1.94 bits per heavy atom. The zero-order chi connectivity index (χ0) is 12.0. The van der Waals surface area contributed by atoms with Gasteiger partial charge >= 0.3 is 0 Å². The van der Waals surface area contributed by atoms with Crippen LogP contribution in [0.25, 0.3) is 0 Å². The standard InChI is InChI=1S/C14H30N2/c1-5-13(11-15-6-2)16(14-7-8-14)10-9-12(3)4/h12-15H,5-11H2,1-4H3. The largest absolute Gasteiger partial charge is 0.315 e. The Labute approximate surface area is 102 Å². The number of nitrogens with zero attached hydrogens (tertiary/aromatic N) is 1. The van der Waals surface area contributed by atoms with Gasteiger partial charge in [0.15, 0.2) is 0 Å². The minimum atomic E-state index is 0.756. The van der Waals surface area contributed by atoms with Crippen LogP contribution in [0.3, 0.4) is 0 Å². The molecular weight excluding hydrogens is 196 g/mol. The fraction of sp³-hybridized carbons (Fsp3) is 1.00. The van der Waals surface area contributed by atoms with Crippen molar-refractivity contribution in [3.8, 4) is 0 Å². The molecule has 1 N–H and O–H groups in total. The highest BCUT2D eigenvalue weighted by Crippen LogP contribution is 2.29. The zero-order valence-electron chi connectivity index (χ0n) is 11.6. The highest BCUT2D eigenvalue weighted by Gasteiger charge is 2.32. The van der Waals surface area contributed by atoms with Gasteiger partial charge in [0.25, 0.3) is 0 Å². The Morgan fingerprint density at radius 3 is 2.38 bits per heavy atom. The van der Waals surface area contributed by atoms with Gasteiger partial charge in [0.05, 0.1) is 0 Å². The van der Waals surface area contributed by atoms with E-state index in [4.69, 9.17) is 0 Å². The predicted molar refractivity (Wildman–Crippen MR) is 71.8 cm³/mol. The average molecular weight is 226 g/mol. The summed E-state index contributed by atoms with van der Waals surface area (Å²) in [7, 11) is 0. The highest BCUT2D eigenvalue weighted by molar-refractivity contribution is 4.89. The van der Waals surface area contributed by atoms with Crippen LogP contribution in [0.15, 0.2) is 0 Å². The van der Waals surface area contributed by atoms with Crippen molar-refractivity contribution in [2.75, 3.05) is 19.6 Å². The number of likely N-dealkylation sites (N-methyl/N-ethyl adjacent to an activating group) is 1. The Morgan fingerprint density at radius 1 is 1.25 bits per heavy atom. The number of nitrogens with one attached hydrogen (secondary N) is 1. The summed E-state index contributed by atoms with van der Waals surface area (Å²) in [5, 5.41) is 3.51. The molecule has 96 valence electrons. The summed E-state index contributed by atoms with van der Waals surface area (Å²) in [6.07, 6.45) is 5.49. The fourth-order valence-corrected chi connectivity index (χ4v) is 2.28. The normalized spacial score (nSPS) is 18.4. The average Bonchev–Trinajstić information content (AvgIpc) is 3.06. The van der Waals surface area contributed by atoms with E-state index in [9.17, 15) is 0 Å². The lowest BCUT2D eigenvalue weighted by molar-refractivity contribution is 0.168. The van der Waals surface area contributed by atoms with Crippen LogP contribution < -0.4 is 5.32 Å². The van der Waals surface area contributed by atoms with E-state index in [0.717, 1.165) is 24.5 Å². The van der Waals surface area contributed by atoms with E-state index in [2.05, 4.69) is 37.9 Å². The molecule has 0 bridgehead atoms. The lowest BCUT2D eigenvalue weighted by Crippen LogP contribution is -2.44. The van der Waals surface area contributed by atoms with E-state index >= 15 is 0 Å². The molecule has 0 spiro atoms. The van der Waals surface area contributed by atoms with E-state index in [-0.39, 0.29) is 0 Å². The molecule has 0 aromatic carbocycles. The van der Waals surface area contributed by atoms with Gasteiger partial charge in [-0.2, -0.15) is 0 Å². The number of hydrogen-bond acceptors (Lipinski definition) is 2. The molecule has 0 aromatic heterocycles. The molecule has 2 nitrogen and oxygen atoms in total. The molecule has 0 aromatic rings. The van der Waals surface area contributed by atoms with Crippen molar-refractivity contribution in [1.82, 2.24) is 10.2 Å². The molecule has 0 aliphatic heterocycles. The lowest BCUT2D eigenvalue weighted by atomic mass is 10.1. The molecule has 2 heteroatoms. The molecule has 1 aliphatic rings. The maximum atomic E-state index is 3.51. The van der Waals surface area contributed by atoms with Crippen LogP contribution in [0.4, 0.5) is 0 Å². The van der Waals surface area contributed by atoms with Crippen LogP contribution in [-0.2, 0) is 0 Å². The van der Waals surface area contributed by atoms with Gasteiger partial charge in [-0.15, -0.1) is 0 Å². The first-order valence-electron chi connectivity index (χ1n) is 7.15.